The smallest absolute Gasteiger partial charge is 0.306 e. The van der Waals surface area contributed by atoms with Crippen LogP contribution in [-0.2, 0) is 23.9 Å². The minimum absolute atomic E-state index is 0.633. The quantitative estimate of drug-likeness (QED) is 0.261. The Balaban J connectivity index is 0.000000263. The molecule has 0 radical (unpaired) electrons. The van der Waals surface area contributed by atoms with Gasteiger partial charge in [0.2, 0.25) is 0 Å². The van der Waals surface area contributed by atoms with Gasteiger partial charge in [-0.1, -0.05) is 24.3 Å². The predicted octanol–water partition coefficient (Wildman–Crippen LogP) is -0.934. The van der Waals surface area contributed by atoms with Crippen molar-refractivity contribution in [3.8, 4) is 11.5 Å². The normalized spacial score (nSPS) is 16.5. The minimum atomic E-state index is -2.85. The predicted molar refractivity (Wildman–Crippen MR) is 130 cm³/mol. The Hall–Kier alpha value is -3.45. The van der Waals surface area contributed by atoms with E-state index in [1.165, 1.54) is 10.8 Å². The van der Waals surface area contributed by atoms with Crippen molar-refractivity contribution in [3.05, 3.63) is 36.4 Å². The molecule has 0 unspecified atom stereocenters. The zero-order valence-corrected chi connectivity index (χ0v) is 21.1. The zero-order chi connectivity index (χ0) is 27.8. The summed E-state index contributed by atoms with van der Waals surface area (Å²) in [5.41, 5.74) is -2.85. The number of carbonyl (C=O) groups excluding carboxylic acids is 1. The maximum absolute atomic E-state index is 10.2. The van der Waals surface area contributed by atoms with Gasteiger partial charge in [0.05, 0.1) is 45.2 Å². The SMILES string of the molecule is CC1(CCOCC[NH+]2CCOCC2)Oc2cc3ccccc3cc2O1.O=C(O)CC(O)(CC(=O)O)C(=O)[O-]. The van der Waals surface area contributed by atoms with Crippen molar-refractivity contribution < 1.29 is 58.7 Å². The zero-order valence-electron chi connectivity index (χ0n) is 21.1. The van der Waals surface area contributed by atoms with Crippen molar-refractivity contribution in [2.45, 2.75) is 37.6 Å². The van der Waals surface area contributed by atoms with E-state index in [0.717, 1.165) is 51.0 Å². The van der Waals surface area contributed by atoms with Crippen molar-refractivity contribution in [1.29, 1.82) is 0 Å². The molecule has 1 fully saturated rings. The number of hydrogen-bond acceptors (Lipinski definition) is 9. The molecular formula is C26H33NO11. The molecule has 0 atom stereocenters. The van der Waals surface area contributed by atoms with Gasteiger partial charge >= 0.3 is 11.9 Å². The minimum Gasteiger partial charge on any atom is -0.547 e. The summed E-state index contributed by atoms with van der Waals surface area (Å²) in [6.45, 7) is 8.30. The topological polar surface area (TPSA) is 176 Å². The molecule has 0 spiro atoms. The maximum atomic E-state index is 10.2. The van der Waals surface area contributed by atoms with E-state index in [4.69, 9.17) is 34.3 Å². The lowest BCUT2D eigenvalue weighted by molar-refractivity contribution is -0.908. The van der Waals surface area contributed by atoms with Crippen molar-refractivity contribution in [3.63, 3.8) is 0 Å². The number of carbonyl (C=O) groups is 3. The molecule has 0 saturated carbocycles. The number of nitrogens with one attached hydrogen (secondary N) is 1. The molecule has 4 N–H and O–H groups in total. The van der Waals surface area contributed by atoms with E-state index in [0.29, 0.717) is 13.0 Å². The van der Waals surface area contributed by atoms with Gasteiger partial charge in [0, 0.05) is 13.3 Å². The van der Waals surface area contributed by atoms with Crippen LogP contribution in [0, 0.1) is 0 Å². The molecule has 1 saturated heterocycles. The highest BCUT2D eigenvalue weighted by molar-refractivity contribution is 5.87. The average Bonchev–Trinajstić information content (AvgIpc) is 3.17. The van der Waals surface area contributed by atoms with E-state index in [9.17, 15) is 19.5 Å². The van der Waals surface area contributed by atoms with Gasteiger partial charge in [0.1, 0.15) is 25.2 Å². The Morgan fingerprint density at radius 1 is 1.00 bits per heavy atom. The second-order valence-corrected chi connectivity index (χ2v) is 9.42. The maximum Gasteiger partial charge on any atom is 0.306 e. The van der Waals surface area contributed by atoms with Crippen LogP contribution in [0.3, 0.4) is 0 Å². The van der Waals surface area contributed by atoms with E-state index in [2.05, 4.69) is 24.3 Å². The number of rotatable bonds is 11. The molecule has 208 valence electrons. The van der Waals surface area contributed by atoms with E-state index in [1.54, 1.807) is 4.90 Å². The lowest BCUT2D eigenvalue weighted by Gasteiger charge is -2.25. The lowest BCUT2D eigenvalue weighted by Crippen LogP contribution is -3.14. The molecule has 2 heterocycles. The Morgan fingerprint density at radius 3 is 2.00 bits per heavy atom. The molecule has 0 amide bonds. The van der Waals surface area contributed by atoms with Crippen LogP contribution >= 0.6 is 0 Å². The number of benzene rings is 2. The monoisotopic (exact) mass is 535 g/mol. The molecule has 12 nitrogen and oxygen atoms in total. The highest BCUT2D eigenvalue weighted by atomic mass is 16.7. The fourth-order valence-electron chi connectivity index (χ4n) is 4.14. The second-order valence-electron chi connectivity index (χ2n) is 9.42. The number of ether oxygens (including phenoxy) is 4. The van der Waals surface area contributed by atoms with Gasteiger partial charge in [-0.2, -0.15) is 0 Å². The summed E-state index contributed by atoms with van der Waals surface area (Å²) in [5, 5.41) is 37.9. The van der Waals surface area contributed by atoms with Crippen LogP contribution in [0.25, 0.3) is 10.8 Å². The first-order chi connectivity index (χ1) is 18.0. The number of fused-ring (bicyclic) bond motifs is 2. The van der Waals surface area contributed by atoms with Gasteiger partial charge < -0.3 is 49.1 Å². The number of morpholine rings is 1. The van der Waals surface area contributed by atoms with Crippen molar-refractivity contribution in [2.75, 3.05) is 46.1 Å². The highest BCUT2D eigenvalue weighted by Crippen LogP contribution is 2.43. The third-order valence-corrected chi connectivity index (χ3v) is 6.23. The number of quaternary nitrogens is 1. The number of aliphatic hydroxyl groups is 1. The first-order valence-corrected chi connectivity index (χ1v) is 12.3. The van der Waals surface area contributed by atoms with Gasteiger partial charge in [-0.3, -0.25) is 9.59 Å². The van der Waals surface area contributed by atoms with Gasteiger partial charge in [-0.25, -0.2) is 0 Å². The van der Waals surface area contributed by atoms with E-state index in [1.807, 2.05) is 19.1 Å². The molecule has 2 aliphatic heterocycles. The summed E-state index contributed by atoms with van der Waals surface area (Å²) in [6, 6.07) is 12.4. The van der Waals surface area contributed by atoms with Crippen LogP contribution in [0.2, 0.25) is 0 Å². The third kappa shape index (κ3) is 8.28. The second kappa shape index (κ2) is 12.9. The molecule has 2 aromatic carbocycles. The first kappa shape index (κ1) is 29.1. The Labute approximate surface area is 219 Å². The van der Waals surface area contributed by atoms with Crippen LogP contribution in [0.15, 0.2) is 36.4 Å². The molecular weight excluding hydrogens is 502 g/mol. The van der Waals surface area contributed by atoms with Crippen LogP contribution in [0.1, 0.15) is 26.2 Å². The van der Waals surface area contributed by atoms with Crippen LogP contribution in [0.5, 0.6) is 11.5 Å². The van der Waals surface area contributed by atoms with Gasteiger partial charge in [-0.05, 0) is 22.9 Å². The fourth-order valence-corrected chi connectivity index (χ4v) is 4.14. The lowest BCUT2D eigenvalue weighted by atomic mass is 9.96. The Kier molecular flexibility index (Phi) is 9.86. The Morgan fingerprint density at radius 2 is 1.53 bits per heavy atom. The summed E-state index contributed by atoms with van der Waals surface area (Å²) in [7, 11) is 0. The fraction of sp³-hybridized carbons (Fsp3) is 0.500. The van der Waals surface area contributed by atoms with Gasteiger partial charge in [-0.15, -0.1) is 0 Å². The van der Waals surface area contributed by atoms with Crippen LogP contribution in [0.4, 0.5) is 0 Å². The van der Waals surface area contributed by atoms with Gasteiger partial charge in [0.25, 0.3) is 5.79 Å². The summed E-state index contributed by atoms with van der Waals surface area (Å²) in [4.78, 5) is 31.9. The molecule has 38 heavy (non-hydrogen) atoms. The van der Waals surface area contributed by atoms with E-state index >= 15 is 0 Å². The van der Waals surface area contributed by atoms with Crippen molar-refractivity contribution in [2.24, 2.45) is 0 Å². The summed E-state index contributed by atoms with van der Waals surface area (Å²) < 4.78 is 23.3. The molecule has 0 aliphatic carbocycles. The molecule has 2 aromatic rings. The molecule has 12 heteroatoms. The molecule has 4 rings (SSSR count). The highest BCUT2D eigenvalue weighted by Gasteiger charge is 2.37. The average molecular weight is 536 g/mol. The van der Waals surface area contributed by atoms with Crippen molar-refractivity contribution >= 4 is 28.7 Å². The number of carboxylic acids is 3. The summed E-state index contributed by atoms with van der Waals surface area (Å²) in [5.74, 6) is -4.36. The largest absolute Gasteiger partial charge is 0.547 e. The summed E-state index contributed by atoms with van der Waals surface area (Å²) >= 11 is 0. The van der Waals surface area contributed by atoms with Crippen molar-refractivity contribution in [1.82, 2.24) is 0 Å². The molecule has 0 aromatic heterocycles. The van der Waals surface area contributed by atoms with E-state index in [-0.39, 0.29) is 0 Å². The number of hydrogen-bond donors (Lipinski definition) is 4. The standard InChI is InChI=1S/C20H25NO4.C6H8O7/c1-20(6-10-22-11-7-21-8-12-23-13-9-21)24-18-14-16-4-2-3-5-17(16)15-19(18)25-20;7-3(8)1-6(13,5(11)12)2-4(9)10/h2-5,14-15H,6-13H2,1H3;13H,1-2H2,(H,7,8)(H,9,10)(H,11,12). The molecule has 2 aliphatic rings. The summed E-state index contributed by atoms with van der Waals surface area (Å²) in [6.07, 6.45) is -1.71. The van der Waals surface area contributed by atoms with Gasteiger partial charge in [0.15, 0.2) is 11.5 Å². The van der Waals surface area contributed by atoms with Crippen LogP contribution in [-0.4, -0.2) is 90.7 Å². The Bertz CT molecular complexity index is 1070. The van der Waals surface area contributed by atoms with Crippen LogP contribution < -0.4 is 19.5 Å². The molecule has 0 bridgehead atoms. The third-order valence-electron chi connectivity index (χ3n) is 6.23. The number of carboxylic acid groups (broad SMARTS) is 3. The first-order valence-electron chi connectivity index (χ1n) is 12.3. The van der Waals surface area contributed by atoms with E-state index < -0.39 is 42.1 Å². The number of aliphatic carboxylic acids is 3.